The topological polar surface area (TPSA) is 85.2 Å². The van der Waals surface area contributed by atoms with Crippen LogP contribution in [-0.4, -0.2) is 55.9 Å². The summed E-state index contributed by atoms with van der Waals surface area (Å²) >= 11 is 0. The number of rotatable bonds is 3. The lowest BCUT2D eigenvalue weighted by Gasteiger charge is -2.34. The molecular formula is C17H24N6O2. The number of ether oxygens (including phenoxy) is 1. The van der Waals surface area contributed by atoms with Crippen LogP contribution in [0.2, 0.25) is 0 Å². The maximum Gasteiger partial charge on any atom is 0.410 e. The van der Waals surface area contributed by atoms with Gasteiger partial charge in [0.25, 0.3) is 0 Å². The van der Waals surface area contributed by atoms with Gasteiger partial charge >= 0.3 is 6.09 Å². The molecule has 0 radical (unpaired) electrons. The van der Waals surface area contributed by atoms with Gasteiger partial charge in [0.1, 0.15) is 11.9 Å². The van der Waals surface area contributed by atoms with E-state index in [-0.39, 0.29) is 6.09 Å². The standard InChI is InChI=1S/C17H24N6O2/c1-17(2,3)25-16(24)22-10-8-14(9-11-22)19-13-4-6-15(7-5-13)23-12-18-20-21-23/h4-7,12,14,19H,8-11H2,1-3H3. The minimum Gasteiger partial charge on any atom is -0.444 e. The number of aromatic nitrogens is 4. The molecular weight excluding hydrogens is 320 g/mol. The molecule has 0 saturated carbocycles. The number of carbonyl (C=O) groups is 1. The van der Waals surface area contributed by atoms with Crippen LogP contribution in [0.5, 0.6) is 0 Å². The Balaban J connectivity index is 1.50. The zero-order valence-corrected chi connectivity index (χ0v) is 14.8. The van der Waals surface area contributed by atoms with Crippen LogP contribution in [0.25, 0.3) is 5.69 Å². The average molecular weight is 344 g/mol. The van der Waals surface area contributed by atoms with Crippen molar-refractivity contribution in [1.82, 2.24) is 25.1 Å². The molecule has 0 aliphatic carbocycles. The summed E-state index contributed by atoms with van der Waals surface area (Å²) in [6, 6.07) is 8.30. The third kappa shape index (κ3) is 4.68. The summed E-state index contributed by atoms with van der Waals surface area (Å²) in [7, 11) is 0. The number of piperidine rings is 1. The monoisotopic (exact) mass is 344 g/mol. The smallest absolute Gasteiger partial charge is 0.410 e. The van der Waals surface area contributed by atoms with Gasteiger partial charge in [0, 0.05) is 24.8 Å². The molecule has 1 saturated heterocycles. The Morgan fingerprint density at radius 2 is 1.88 bits per heavy atom. The summed E-state index contributed by atoms with van der Waals surface area (Å²) in [5, 5.41) is 14.7. The number of hydrogen-bond donors (Lipinski definition) is 1. The fraction of sp³-hybridized carbons (Fsp3) is 0.529. The zero-order chi connectivity index (χ0) is 17.9. The molecule has 1 aliphatic heterocycles. The van der Waals surface area contributed by atoms with E-state index >= 15 is 0 Å². The lowest BCUT2D eigenvalue weighted by Crippen LogP contribution is -2.44. The molecule has 2 heterocycles. The van der Waals surface area contributed by atoms with Gasteiger partial charge in [-0.3, -0.25) is 0 Å². The van der Waals surface area contributed by atoms with E-state index in [0.29, 0.717) is 19.1 Å². The molecule has 1 aliphatic rings. The second-order valence-corrected chi connectivity index (χ2v) is 7.19. The number of hydrogen-bond acceptors (Lipinski definition) is 6. The molecule has 8 heteroatoms. The number of amides is 1. The fourth-order valence-electron chi connectivity index (χ4n) is 2.76. The normalized spacial score (nSPS) is 15.9. The average Bonchev–Trinajstić information content (AvgIpc) is 3.09. The molecule has 1 aromatic carbocycles. The summed E-state index contributed by atoms with van der Waals surface area (Å²) in [5.74, 6) is 0. The molecule has 1 amide bonds. The van der Waals surface area contributed by atoms with Crippen LogP contribution in [0.1, 0.15) is 33.6 Å². The van der Waals surface area contributed by atoms with Crippen molar-refractivity contribution in [3.8, 4) is 5.69 Å². The van der Waals surface area contributed by atoms with Gasteiger partial charge in [-0.15, -0.1) is 5.10 Å². The number of benzene rings is 1. The largest absolute Gasteiger partial charge is 0.444 e. The minimum absolute atomic E-state index is 0.225. The Hall–Kier alpha value is -2.64. The van der Waals surface area contributed by atoms with E-state index in [2.05, 4.69) is 20.8 Å². The van der Waals surface area contributed by atoms with E-state index in [9.17, 15) is 4.79 Å². The first-order valence-corrected chi connectivity index (χ1v) is 8.48. The van der Waals surface area contributed by atoms with Crippen molar-refractivity contribution in [1.29, 1.82) is 0 Å². The Kier molecular flexibility index (Phi) is 4.87. The van der Waals surface area contributed by atoms with E-state index in [1.807, 2.05) is 45.0 Å². The second-order valence-electron chi connectivity index (χ2n) is 7.19. The van der Waals surface area contributed by atoms with E-state index in [0.717, 1.165) is 24.2 Å². The third-order valence-electron chi connectivity index (χ3n) is 4.00. The summed E-state index contributed by atoms with van der Waals surface area (Å²) in [6.45, 7) is 7.07. The predicted molar refractivity (Wildman–Crippen MR) is 93.6 cm³/mol. The molecule has 0 unspecified atom stereocenters. The van der Waals surface area contributed by atoms with E-state index in [1.54, 1.807) is 15.9 Å². The molecule has 8 nitrogen and oxygen atoms in total. The summed E-state index contributed by atoms with van der Waals surface area (Å²) in [4.78, 5) is 13.9. The summed E-state index contributed by atoms with van der Waals surface area (Å²) < 4.78 is 7.04. The van der Waals surface area contributed by atoms with Gasteiger partial charge in [0.2, 0.25) is 0 Å². The van der Waals surface area contributed by atoms with Crippen LogP contribution in [0.3, 0.4) is 0 Å². The Morgan fingerprint density at radius 1 is 1.20 bits per heavy atom. The number of likely N-dealkylation sites (tertiary alicyclic amines) is 1. The second kappa shape index (κ2) is 7.08. The van der Waals surface area contributed by atoms with E-state index < -0.39 is 5.60 Å². The van der Waals surface area contributed by atoms with Crippen LogP contribution in [0.4, 0.5) is 10.5 Å². The lowest BCUT2D eigenvalue weighted by molar-refractivity contribution is 0.0210. The van der Waals surface area contributed by atoms with Crippen molar-refractivity contribution in [3.05, 3.63) is 30.6 Å². The molecule has 0 spiro atoms. The molecule has 1 N–H and O–H groups in total. The van der Waals surface area contributed by atoms with Crippen LogP contribution >= 0.6 is 0 Å². The van der Waals surface area contributed by atoms with Gasteiger partial charge in [0.15, 0.2) is 0 Å². The number of tetrazole rings is 1. The van der Waals surface area contributed by atoms with Crippen molar-refractivity contribution in [2.24, 2.45) is 0 Å². The maximum absolute atomic E-state index is 12.1. The Labute approximate surface area is 147 Å². The SMILES string of the molecule is CC(C)(C)OC(=O)N1CCC(Nc2ccc(-n3cnnn3)cc2)CC1. The van der Waals surface area contributed by atoms with Crippen LogP contribution in [-0.2, 0) is 4.74 Å². The number of carbonyl (C=O) groups excluding carboxylic acids is 1. The van der Waals surface area contributed by atoms with Gasteiger partial charge < -0.3 is 15.0 Å². The van der Waals surface area contributed by atoms with Gasteiger partial charge in [-0.1, -0.05) is 0 Å². The molecule has 134 valence electrons. The lowest BCUT2D eigenvalue weighted by atomic mass is 10.0. The van der Waals surface area contributed by atoms with Gasteiger partial charge in [0.05, 0.1) is 5.69 Å². The molecule has 25 heavy (non-hydrogen) atoms. The minimum atomic E-state index is -0.451. The highest BCUT2D eigenvalue weighted by atomic mass is 16.6. The van der Waals surface area contributed by atoms with Gasteiger partial charge in [-0.2, -0.15) is 0 Å². The summed E-state index contributed by atoms with van der Waals surface area (Å²) in [6.07, 6.45) is 3.13. The number of nitrogens with one attached hydrogen (secondary N) is 1. The number of anilines is 1. The highest BCUT2D eigenvalue weighted by Gasteiger charge is 2.26. The molecule has 1 aromatic heterocycles. The fourth-order valence-corrected chi connectivity index (χ4v) is 2.76. The van der Waals surface area contributed by atoms with Crippen molar-refractivity contribution >= 4 is 11.8 Å². The van der Waals surface area contributed by atoms with Crippen LogP contribution in [0, 0.1) is 0 Å². The maximum atomic E-state index is 12.1. The molecule has 0 bridgehead atoms. The van der Waals surface area contributed by atoms with E-state index in [4.69, 9.17) is 4.74 Å². The van der Waals surface area contributed by atoms with Crippen LogP contribution < -0.4 is 5.32 Å². The number of nitrogens with zero attached hydrogens (tertiary/aromatic N) is 5. The first-order valence-electron chi connectivity index (χ1n) is 8.48. The highest BCUT2D eigenvalue weighted by Crippen LogP contribution is 2.20. The van der Waals surface area contributed by atoms with Crippen molar-refractivity contribution in [2.45, 2.75) is 45.3 Å². The van der Waals surface area contributed by atoms with Gasteiger partial charge in [-0.05, 0) is 68.3 Å². The van der Waals surface area contributed by atoms with Crippen molar-refractivity contribution < 1.29 is 9.53 Å². The van der Waals surface area contributed by atoms with Crippen LogP contribution in [0.15, 0.2) is 30.6 Å². The highest BCUT2D eigenvalue weighted by molar-refractivity contribution is 5.68. The molecule has 2 aromatic rings. The first kappa shape index (κ1) is 17.2. The third-order valence-corrected chi connectivity index (χ3v) is 4.00. The Bertz CT molecular complexity index is 685. The quantitative estimate of drug-likeness (QED) is 0.921. The van der Waals surface area contributed by atoms with E-state index in [1.165, 1.54) is 0 Å². The first-order chi connectivity index (χ1) is 11.9. The molecule has 0 atom stereocenters. The van der Waals surface area contributed by atoms with Crippen molar-refractivity contribution in [2.75, 3.05) is 18.4 Å². The van der Waals surface area contributed by atoms with Crippen molar-refractivity contribution in [3.63, 3.8) is 0 Å². The molecule has 1 fully saturated rings. The summed E-state index contributed by atoms with van der Waals surface area (Å²) in [5.41, 5.74) is 1.51. The molecule has 3 rings (SSSR count). The van der Waals surface area contributed by atoms with Gasteiger partial charge in [-0.25, -0.2) is 9.48 Å². The Morgan fingerprint density at radius 3 is 2.44 bits per heavy atom. The predicted octanol–water partition coefficient (Wildman–Crippen LogP) is 2.47. The zero-order valence-electron chi connectivity index (χ0n) is 14.8.